The molecule has 0 fully saturated rings. The first-order valence-electron chi connectivity index (χ1n) is 4.96. The molecule has 0 spiro atoms. The largest absolute Gasteiger partial charge is 0.504 e. The molecule has 3 N–H and O–H groups in total. The average molecular weight is 224 g/mol. The van der Waals surface area contributed by atoms with E-state index in [0.29, 0.717) is 13.1 Å². The molecule has 0 aliphatic heterocycles. The van der Waals surface area contributed by atoms with Gasteiger partial charge in [0, 0.05) is 13.1 Å². The molecule has 1 aromatic carbocycles. The Labute approximate surface area is 94.3 Å². The molecule has 5 heteroatoms. The van der Waals surface area contributed by atoms with Gasteiger partial charge in [-0.25, -0.2) is 0 Å². The molecular weight excluding hydrogens is 208 g/mol. The molecule has 5 nitrogen and oxygen atoms in total. The Hall–Kier alpha value is -1.75. The third kappa shape index (κ3) is 3.13. The highest BCUT2D eigenvalue weighted by atomic mass is 16.3. The van der Waals surface area contributed by atoms with Crippen LogP contribution in [0.5, 0.6) is 11.5 Å². The maximum atomic E-state index is 11.6. The molecule has 0 atom stereocenters. The Morgan fingerprint density at radius 2 is 2.06 bits per heavy atom. The van der Waals surface area contributed by atoms with Crippen LogP contribution in [0, 0.1) is 0 Å². The highest BCUT2D eigenvalue weighted by Gasteiger charge is 2.12. The summed E-state index contributed by atoms with van der Waals surface area (Å²) in [6.45, 7) is 1.20. The number of amides is 1. The Kier molecular flexibility index (Phi) is 4.13. The molecule has 1 aromatic rings. The van der Waals surface area contributed by atoms with Gasteiger partial charge in [-0.2, -0.15) is 0 Å². The second-order valence-corrected chi connectivity index (χ2v) is 3.73. The minimum absolute atomic E-state index is 0.0822. The number of nitrogens with one attached hydrogen (secondary N) is 1. The van der Waals surface area contributed by atoms with Gasteiger partial charge in [-0.15, -0.1) is 0 Å². The molecule has 0 saturated heterocycles. The number of hydrogen-bond donors (Lipinski definition) is 3. The molecule has 0 bridgehead atoms. The zero-order valence-corrected chi connectivity index (χ0v) is 9.40. The lowest BCUT2D eigenvalue weighted by atomic mass is 10.1. The molecule has 0 aromatic heterocycles. The number of carbonyl (C=O) groups is 1. The van der Waals surface area contributed by atoms with Crippen molar-refractivity contribution in [2.24, 2.45) is 0 Å². The van der Waals surface area contributed by atoms with Crippen molar-refractivity contribution in [3.8, 4) is 11.5 Å². The predicted octanol–water partition coefficient (Wildman–Crippen LogP) is 0.389. The van der Waals surface area contributed by atoms with Crippen LogP contribution in [0.25, 0.3) is 0 Å². The number of phenols is 2. The molecule has 88 valence electrons. The van der Waals surface area contributed by atoms with Gasteiger partial charge < -0.3 is 20.4 Å². The molecule has 0 radical (unpaired) electrons. The zero-order valence-electron chi connectivity index (χ0n) is 9.40. The van der Waals surface area contributed by atoms with Gasteiger partial charge in [-0.1, -0.05) is 6.07 Å². The number of benzene rings is 1. The maximum Gasteiger partial charge on any atom is 0.255 e. The van der Waals surface area contributed by atoms with Crippen molar-refractivity contribution in [2.75, 3.05) is 27.2 Å². The number of hydrogen-bond acceptors (Lipinski definition) is 4. The van der Waals surface area contributed by atoms with Gasteiger partial charge in [0.05, 0.1) is 5.56 Å². The van der Waals surface area contributed by atoms with Gasteiger partial charge in [0.15, 0.2) is 11.5 Å². The van der Waals surface area contributed by atoms with Crippen LogP contribution in [-0.4, -0.2) is 48.2 Å². The van der Waals surface area contributed by atoms with Crippen molar-refractivity contribution < 1.29 is 15.0 Å². The van der Waals surface area contributed by atoms with E-state index in [4.69, 9.17) is 0 Å². The minimum Gasteiger partial charge on any atom is -0.504 e. The van der Waals surface area contributed by atoms with Crippen LogP contribution in [0.15, 0.2) is 18.2 Å². The Morgan fingerprint density at radius 3 is 2.69 bits per heavy atom. The first-order valence-corrected chi connectivity index (χ1v) is 4.96. The van der Waals surface area contributed by atoms with E-state index in [1.165, 1.54) is 18.2 Å². The summed E-state index contributed by atoms with van der Waals surface area (Å²) in [7, 11) is 3.80. The summed E-state index contributed by atoms with van der Waals surface area (Å²) in [5.41, 5.74) is 0.0822. The van der Waals surface area contributed by atoms with Crippen LogP contribution in [0.2, 0.25) is 0 Å². The lowest BCUT2D eigenvalue weighted by molar-refractivity contribution is 0.0947. The van der Waals surface area contributed by atoms with Gasteiger partial charge in [-0.05, 0) is 26.2 Å². The third-order valence-electron chi connectivity index (χ3n) is 2.10. The van der Waals surface area contributed by atoms with E-state index in [1.807, 2.05) is 19.0 Å². The first kappa shape index (κ1) is 12.3. The molecule has 0 aliphatic rings. The zero-order chi connectivity index (χ0) is 12.1. The van der Waals surface area contributed by atoms with Gasteiger partial charge in [-0.3, -0.25) is 4.79 Å². The molecule has 1 amide bonds. The molecule has 1 rings (SSSR count). The number of aromatic hydroxyl groups is 2. The summed E-state index contributed by atoms with van der Waals surface area (Å²) < 4.78 is 0. The van der Waals surface area contributed by atoms with E-state index in [2.05, 4.69) is 5.32 Å². The van der Waals surface area contributed by atoms with Crippen LogP contribution in [0.3, 0.4) is 0 Å². The second-order valence-electron chi connectivity index (χ2n) is 3.73. The number of para-hydroxylation sites is 1. The van der Waals surface area contributed by atoms with Crippen molar-refractivity contribution in [1.29, 1.82) is 0 Å². The molecule has 0 saturated carbocycles. The lowest BCUT2D eigenvalue weighted by Crippen LogP contribution is -2.31. The standard InChI is InChI=1S/C11H16N2O3/c1-13(2)7-6-12-11(16)8-4-3-5-9(14)10(8)15/h3-5,14-15H,6-7H2,1-2H3,(H,12,16). The van der Waals surface area contributed by atoms with Gasteiger partial charge in [0.2, 0.25) is 0 Å². The van der Waals surface area contributed by atoms with Crippen LogP contribution >= 0.6 is 0 Å². The van der Waals surface area contributed by atoms with E-state index in [-0.39, 0.29) is 17.1 Å². The summed E-state index contributed by atoms with van der Waals surface area (Å²) in [6.07, 6.45) is 0. The van der Waals surface area contributed by atoms with Crippen molar-refractivity contribution in [3.63, 3.8) is 0 Å². The Bertz CT molecular complexity index is 377. The SMILES string of the molecule is CN(C)CCNC(=O)c1cccc(O)c1O. The lowest BCUT2D eigenvalue weighted by Gasteiger charge is -2.11. The van der Waals surface area contributed by atoms with Gasteiger partial charge in [0.1, 0.15) is 0 Å². The highest BCUT2D eigenvalue weighted by molar-refractivity contribution is 5.97. The van der Waals surface area contributed by atoms with Crippen LogP contribution in [0.1, 0.15) is 10.4 Å². The van der Waals surface area contributed by atoms with E-state index in [1.54, 1.807) is 0 Å². The molecule has 0 heterocycles. The average Bonchev–Trinajstić information content (AvgIpc) is 2.21. The number of phenolic OH excluding ortho intramolecular Hbond substituents is 2. The van der Waals surface area contributed by atoms with Crippen molar-refractivity contribution >= 4 is 5.91 Å². The minimum atomic E-state index is -0.393. The smallest absolute Gasteiger partial charge is 0.255 e. The Morgan fingerprint density at radius 1 is 1.38 bits per heavy atom. The molecule has 0 aliphatic carbocycles. The predicted molar refractivity (Wildman–Crippen MR) is 60.7 cm³/mol. The second kappa shape index (κ2) is 5.37. The van der Waals surface area contributed by atoms with Crippen molar-refractivity contribution in [3.05, 3.63) is 23.8 Å². The van der Waals surface area contributed by atoms with Gasteiger partial charge >= 0.3 is 0 Å². The quantitative estimate of drug-likeness (QED) is 0.647. The fraction of sp³-hybridized carbons (Fsp3) is 0.364. The van der Waals surface area contributed by atoms with Gasteiger partial charge in [0.25, 0.3) is 5.91 Å². The number of carbonyl (C=O) groups excluding carboxylic acids is 1. The van der Waals surface area contributed by atoms with E-state index in [9.17, 15) is 15.0 Å². The normalized spacial score (nSPS) is 10.4. The van der Waals surface area contributed by atoms with Crippen molar-refractivity contribution in [2.45, 2.75) is 0 Å². The van der Waals surface area contributed by atoms with Crippen molar-refractivity contribution in [1.82, 2.24) is 10.2 Å². The molecule has 16 heavy (non-hydrogen) atoms. The summed E-state index contributed by atoms with van der Waals surface area (Å²) >= 11 is 0. The Balaban J connectivity index is 2.63. The number of rotatable bonds is 4. The number of nitrogens with zero attached hydrogens (tertiary/aromatic N) is 1. The maximum absolute atomic E-state index is 11.6. The molecule has 0 unspecified atom stereocenters. The van der Waals surface area contributed by atoms with E-state index in [0.717, 1.165) is 0 Å². The van der Waals surface area contributed by atoms with Crippen LogP contribution < -0.4 is 5.32 Å². The van der Waals surface area contributed by atoms with E-state index >= 15 is 0 Å². The summed E-state index contributed by atoms with van der Waals surface area (Å²) in [5.74, 6) is -1.07. The summed E-state index contributed by atoms with van der Waals surface area (Å²) in [5, 5.41) is 21.3. The fourth-order valence-electron chi connectivity index (χ4n) is 1.20. The fourth-order valence-corrected chi connectivity index (χ4v) is 1.20. The first-order chi connectivity index (χ1) is 7.52. The molecular formula is C11H16N2O3. The topological polar surface area (TPSA) is 72.8 Å². The van der Waals surface area contributed by atoms with Crippen LogP contribution in [0.4, 0.5) is 0 Å². The monoisotopic (exact) mass is 224 g/mol. The van der Waals surface area contributed by atoms with Crippen LogP contribution in [-0.2, 0) is 0 Å². The third-order valence-corrected chi connectivity index (χ3v) is 2.10. The highest BCUT2D eigenvalue weighted by Crippen LogP contribution is 2.27. The van der Waals surface area contributed by atoms with E-state index < -0.39 is 5.91 Å². The number of likely N-dealkylation sites (N-methyl/N-ethyl adjacent to an activating group) is 1. The summed E-state index contributed by atoms with van der Waals surface area (Å²) in [4.78, 5) is 13.5. The summed E-state index contributed by atoms with van der Waals surface area (Å²) in [6, 6.07) is 4.29.